The van der Waals surface area contributed by atoms with Crippen LogP contribution < -0.4 is 10.6 Å². The molecule has 0 saturated carbocycles. The Morgan fingerprint density at radius 1 is 1.33 bits per heavy atom. The topological polar surface area (TPSA) is 58.2 Å². The van der Waals surface area contributed by atoms with E-state index in [1.165, 1.54) is 6.07 Å². The lowest BCUT2D eigenvalue weighted by Crippen LogP contribution is -2.45. The van der Waals surface area contributed by atoms with Gasteiger partial charge in [0.15, 0.2) is 0 Å². The lowest BCUT2D eigenvalue weighted by molar-refractivity contribution is -0.121. The van der Waals surface area contributed by atoms with Crippen LogP contribution in [0.3, 0.4) is 0 Å². The molecule has 1 aromatic rings. The van der Waals surface area contributed by atoms with E-state index in [2.05, 4.69) is 10.6 Å². The van der Waals surface area contributed by atoms with Crippen molar-refractivity contribution in [3.8, 4) is 0 Å². The van der Waals surface area contributed by atoms with E-state index in [0.29, 0.717) is 8.67 Å². The number of hydrogen-bond donors (Lipinski definition) is 2. The van der Waals surface area contributed by atoms with Gasteiger partial charge in [0.1, 0.15) is 4.34 Å². The first-order chi connectivity index (χ1) is 8.19. The smallest absolute Gasteiger partial charge is 0.254 e. The highest BCUT2D eigenvalue weighted by Gasteiger charge is 2.17. The van der Waals surface area contributed by atoms with E-state index in [9.17, 15) is 9.59 Å². The number of nitrogens with one attached hydrogen (secondary N) is 2. The lowest BCUT2D eigenvalue weighted by Gasteiger charge is -2.20. The number of carbonyl (C=O) groups excluding carboxylic acids is 2. The van der Waals surface area contributed by atoms with Crippen LogP contribution in [0.5, 0.6) is 0 Å². The van der Waals surface area contributed by atoms with Crippen LogP contribution in [0, 0.1) is 0 Å². The molecular formula is C11H14Cl2N2O2S. The van der Waals surface area contributed by atoms with Crippen molar-refractivity contribution in [3.63, 3.8) is 0 Å². The molecule has 0 aromatic carbocycles. The number of carbonyl (C=O) groups is 2. The molecule has 0 aliphatic heterocycles. The van der Waals surface area contributed by atoms with Gasteiger partial charge < -0.3 is 10.6 Å². The quantitative estimate of drug-likeness (QED) is 0.902. The molecule has 1 heterocycles. The summed E-state index contributed by atoms with van der Waals surface area (Å²) in [5.74, 6) is -0.666. The summed E-state index contributed by atoms with van der Waals surface area (Å²) in [6.45, 7) is 5.49. The van der Waals surface area contributed by atoms with E-state index in [1.807, 2.05) is 20.8 Å². The van der Waals surface area contributed by atoms with Gasteiger partial charge in [-0.25, -0.2) is 0 Å². The second-order valence-electron chi connectivity index (χ2n) is 4.72. The number of hydrogen-bond acceptors (Lipinski definition) is 3. The van der Waals surface area contributed by atoms with Crippen LogP contribution in [0.1, 0.15) is 31.1 Å². The Kier molecular flexibility index (Phi) is 5.01. The molecule has 0 spiro atoms. The third-order valence-corrected chi connectivity index (χ3v) is 3.31. The Morgan fingerprint density at radius 3 is 2.39 bits per heavy atom. The second kappa shape index (κ2) is 5.91. The number of thiophene rings is 1. The first-order valence-corrected chi connectivity index (χ1v) is 6.80. The maximum atomic E-state index is 11.7. The van der Waals surface area contributed by atoms with Crippen LogP contribution in [0.2, 0.25) is 8.67 Å². The van der Waals surface area contributed by atoms with Crippen LogP contribution in [0.15, 0.2) is 6.07 Å². The highest BCUT2D eigenvalue weighted by Crippen LogP contribution is 2.30. The summed E-state index contributed by atoms with van der Waals surface area (Å²) in [5, 5.41) is 5.22. The largest absolute Gasteiger partial charge is 0.350 e. The summed E-state index contributed by atoms with van der Waals surface area (Å²) in [7, 11) is 0. The fourth-order valence-electron chi connectivity index (χ4n) is 1.21. The van der Waals surface area contributed by atoms with Crippen LogP contribution in [-0.2, 0) is 4.79 Å². The van der Waals surface area contributed by atoms with E-state index < -0.39 is 5.91 Å². The fourth-order valence-corrected chi connectivity index (χ4v) is 2.67. The SMILES string of the molecule is CC(C)(C)NC(=O)CNC(=O)c1cc(Cl)sc1Cl. The molecule has 1 rings (SSSR count). The Hall–Kier alpha value is -0.780. The minimum atomic E-state index is -0.410. The molecule has 0 radical (unpaired) electrons. The molecule has 0 unspecified atom stereocenters. The average Bonchev–Trinajstić information content (AvgIpc) is 2.52. The summed E-state index contributed by atoms with van der Waals surface area (Å²) in [6.07, 6.45) is 0. The summed E-state index contributed by atoms with van der Waals surface area (Å²) in [6, 6.07) is 1.48. The zero-order chi connectivity index (χ0) is 13.9. The van der Waals surface area contributed by atoms with Crippen molar-refractivity contribution in [1.29, 1.82) is 0 Å². The van der Waals surface area contributed by atoms with Crippen LogP contribution in [0.25, 0.3) is 0 Å². The minimum absolute atomic E-state index is 0.0973. The maximum Gasteiger partial charge on any atom is 0.254 e. The zero-order valence-corrected chi connectivity index (χ0v) is 12.6. The van der Waals surface area contributed by atoms with Crippen molar-refractivity contribution in [1.82, 2.24) is 10.6 Å². The molecule has 0 fully saturated rings. The Labute approximate surface area is 120 Å². The molecule has 2 N–H and O–H groups in total. The summed E-state index contributed by atoms with van der Waals surface area (Å²) >= 11 is 12.7. The van der Waals surface area contributed by atoms with Gasteiger partial charge in [-0.1, -0.05) is 23.2 Å². The molecule has 0 atom stereocenters. The van der Waals surface area contributed by atoms with Gasteiger partial charge in [0, 0.05) is 5.54 Å². The van der Waals surface area contributed by atoms with Gasteiger partial charge in [-0.2, -0.15) is 0 Å². The van der Waals surface area contributed by atoms with E-state index in [-0.39, 0.29) is 23.6 Å². The number of amides is 2. The summed E-state index contributed by atoms with van der Waals surface area (Å²) in [4.78, 5) is 23.2. The van der Waals surface area contributed by atoms with E-state index >= 15 is 0 Å². The molecule has 4 nitrogen and oxygen atoms in total. The van der Waals surface area contributed by atoms with Gasteiger partial charge in [0.25, 0.3) is 5.91 Å². The standard InChI is InChI=1S/C11H14Cl2N2O2S/c1-11(2,3)15-8(16)5-14-10(17)6-4-7(12)18-9(6)13/h4H,5H2,1-3H3,(H,14,17)(H,15,16). The van der Waals surface area contributed by atoms with Gasteiger partial charge in [0.05, 0.1) is 16.4 Å². The first kappa shape index (κ1) is 15.3. The van der Waals surface area contributed by atoms with E-state index in [1.54, 1.807) is 0 Å². The highest BCUT2D eigenvalue weighted by molar-refractivity contribution is 7.20. The van der Waals surface area contributed by atoms with Gasteiger partial charge >= 0.3 is 0 Å². The van der Waals surface area contributed by atoms with Gasteiger partial charge in [-0.15, -0.1) is 11.3 Å². The Morgan fingerprint density at radius 2 is 1.94 bits per heavy atom. The third-order valence-electron chi connectivity index (χ3n) is 1.83. The molecule has 0 aliphatic rings. The Balaban J connectivity index is 2.52. The third kappa shape index (κ3) is 4.84. The summed E-state index contributed by atoms with van der Waals surface area (Å²) in [5.41, 5.74) is -0.0410. The molecule has 0 saturated heterocycles. The molecule has 1 aromatic heterocycles. The molecule has 7 heteroatoms. The average molecular weight is 309 g/mol. The monoisotopic (exact) mass is 308 g/mol. The van der Waals surface area contributed by atoms with Gasteiger partial charge in [-0.3, -0.25) is 9.59 Å². The molecule has 0 aliphatic carbocycles. The Bertz CT molecular complexity index is 466. The van der Waals surface area contributed by atoms with Gasteiger partial charge in [0.2, 0.25) is 5.91 Å². The summed E-state index contributed by atoms with van der Waals surface area (Å²) < 4.78 is 0.748. The normalized spacial score (nSPS) is 11.2. The first-order valence-electron chi connectivity index (χ1n) is 5.23. The van der Waals surface area contributed by atoms with Crippen LogP contribution in [-0.4, -0.2) is 23.9 Å². The molecule has 0 bridgehead atoms. The molecule has 100 valence electrons. The van der Waals surface area contributed by atoms with Crippen molar-refractivity contribution in [2.24, 2.45) is 0 Å². The van der Waals surface area contributed by atoms with E-state index in [4.69, 9.17) is 23.2 Å². The van der Waals surface area contributed by atoms with Crippen molar-refractivity contribution in [2.45, 2.75) is 26.3 Å². The number of halogens is 2. The van der Waals surface area contributed by atoms with Crippen LogP contribution >= 0.6 is 34.5 Å². The van der Waals surface area contributed by atoms with Gasteiger partial charge in [-0.05, 0) is 26.8 Å². The predicted molar refractivity (Wildman–Crippen MR) is 74.6 cm³/mol. The molecule has 2 amide bonds. The maximum absolute atomic E-state index is 11.7. The zero-order valence-electron chi connectivity index (χ0n) is 10.3. The molecule has 18 heavy (non-hydrogen) atoms. The van der Waals surface area contributed by atoms with Crippen molar-refractivity contribution < 1.29 is 9.59 Å². The second-order valence-corrected chi connectivity index (χ2v) is 7.00. The highest BCUT2D eigenvalue weighted by atomic mass is 35.5. The minimum Gasteiger partial charge on any atom is -0.350 e. The van der Waals surface area contributed by atoms with Crippen LogP contribution in [0.4, 0.5) is 0 Å². The molecular weight excluding hydrogens is 295 g/mol. The fraction of sp³-hybridized carbons (Fsp3) is 0.455. The predicted octanol–water partition coefficient (Wildman–Crippen LogP) is 2.70. The number of rotatable bonds is 3. The van der Waals surface area contributed by atoms with Crippen molar-refractivity contribution in [3.05, 3.63) is 20.3 Å². The van der Waals surface area contributed by atoms with E-state index in [0.717, 1.165) is 11.3 Å². The lowest BCUT2D eigenvalue weighted by atomic mass is 10.1. The van der Waals surface area contributed by atoms with Crippen molar-refractivity contribution >= 4 is 46.4 Å². The van der Waals surface area contributed by atoms with Crippen molar-refractivity contribution in [2.75, 3.05) is 6.54 Å².